The topological polar surface area (TPSA) is 80.2 Å². The van der Waals surface area contributed by atoms with Crippen molar-refractivity contribution in [2.24, 2.45) is 20.7 Å². The molecule has 0 amide bonds. The summed E-state index contributed by atoms with van der Waals surface area (Å²) in [5, 5.41) is 0. The molecule has 0 aliphatic rings. The van der Waals surface area contributed by atoms with Gasteiger partial charge in [0.15, 0.2) is 5.78 Å². The molecule has 0 saturated heterocycles. The first kappa shape index (κ1) is 56.3. The highest BCUT2D eigenvalue weighted by Gasteiger charge is 1.91. The van der Waals surface area contributed by atoms with Crippen molar-refractivity contribution in [3.8, 4) is 0 Å². The number of ketones is 1. The fourth-order valence-corrected chi connectivity index (χ4v) is 0.481. The molecule has 2 N–H and O–H groups in total. The van der Waals surface area contributed by atoms with E-state index in [4.69, 9.17) is 0 Å². The van der Waals surface area contributed by atoms with E-state index in [9.17, 15) is 4.79 Å². The second-order valence-corrected chi connectivity index (χ2v) is 2.98. The van der Waals surface area contributed by atoms with Crippen molar-refractivity contribution in [1.82, 2.24) is 0 Å². The lowest BCUT2D eigenvalue weighted by molar-refractivity contribution is -0.111. The molecule has 0 aromatic carbocycles. The number of aliphatic imine (C=N–C) groups is 3. The second kappa shape index (κ2) is 56.6. The maximum absolute atomic E-state index is 10.2. The van der Waals surface area contributed by atoms with Crippen LogP contribution in [0.2, 0.25) is 0 Å². The van der Waals surface area contributed by atoms with Gasteiger partial charge in [0.1, 0.15) is 0 Å². The van der Waals surface area contributed by atoms with Crippen LogP contribution in [0.1, 0.15) is 70.2 Å². The molecule has 0 rings (SSSR count). The van der Waals surface area contributed by atoms with Gasteiger partial charge in [-0.2, -0.15) is 0 Å². The largest absolute Gasteiger partial charge is 0.333 e. The van der Waals surface area contributed by atoms with Gasteiger partial charge in [-0.05, 0) is 27.8 Å². The Kier molecular flexibility index (Phi) is 128. The lowest BCUT2D eigenvalue weighted by Crippen LogP contribution is -2.03. The minimum atomic E-state index is 0. The molecule has 0 aliphatic heterocycles. The summed E-state index contributed by atoms with van der Waals surface area (Å²) in [6, 6.07) is 0. The normalized spacial score (nSPS) is 8.60. The molecule has 0 atom stereocenters. The zero-order chi connectivity index (χ0) is 18.4. The Hall–Kier alpha value is -0.565. The molecule has 0 fully saturated rings. The lowest BCUT2D eigenvalue weighted by Gasteiger charge is -1.92. The second-order valence-electron chi connectivity index (χ2n) is 2.98. The van der Waals surface area contributed by atoms with Crippen LogP contribution in [0.3, 0.4) is 0 Å². The number of nitrogens with two attached hydrogens (primary N) is 1. The van der Waals surface area contributed by atoms with Gasteiger partial charge in [-0.3, -0.25) is 19.8 Å². The average molecular weight is 473 g/mol. The van der Waals surface area contributed by atoms with Crippen LogP contribution in [0.4, 0.5) is 0 Å². The molecule has 5 nitrogen and oxygen atoms in total. The Labute approximate surface area is 179 Å². The van der Waals surface area contributed by atoms with E-state index < -0.39 is 0 Å². The van der Waals surface area contributed by atoms with Gasteiger partial charge >= 0.3 is 0 Å². The Balaban J connectivity index is -0.0000000200. The summed E-state index contributed by atoms with van der Waals surface area (Å²) in [5.74, 6) is 0.0440. The van der Waals surface area contributed by atoms with Crippen molar-refractivity contribution in [2.45, 2.75) is 70.2 Å². The van der Waals surface area contributed by atoms with Crippen LogP contribution in [0, 0.1) is 0 Å². The van der Waals surface area contributed by atoms with E-state index in [1.807, 2.05) is 41.5 Å². The molecule has 0 spiro atoms. The maximum atomic E-state index is 10.2. The molecule has 7 heteroatoms. The van der Waals surface area contributed by atoms with Gasteiger partial charge in [0, 0.05) is 36.5 Å². The average Bonchev–Trinajstić information content (AvgIpc) is 2.58. The Bertz CT molecular complexity index is 289. The summed E-state index contributed by atoms with van der Waals surface area (Å²) >= 11 is 0. The molecule has 0 heterocycles. The van der Waals surface area contributed by atoms with Crippen LogP contribution in [0.5, 0.6) is 0 Å². The lowest BCUT2D eigenvalue weighted by atomic mass is 10.3. The first-order valence-corrected chi connectivity index (χ1v) is 7.29. The van der Waals surface area contributed by atoms with E-state index in [-0.39, 0.29) is 53.0 Å². The predicted molar refractivity (Wildman–Crippen MR) is 135 cm³/mol. The summed E-state index contributed by atoms with van der Waals surface area (Å²) in [4.78, 5) is 21.8. The first-order chi connectivity index (χ1) is 9.90. The van der Waals surface area contributed by atoms with Crippen molar-refractivity contribution < 1.29 is 4.79 Å². The van der Waals surface area contributed by atoms with E-state index in [1.54, 1.807) is 28.1 Å². The highest BCUT2D eigenvalue weighted by atomic mass is 127. The van der Waals surface area contributed by atoms with Gasteiger partial charge in [0.05, 0.1) is 17.1 Å². The maximum Gasteiger partial charge on any atom is 0.173 e. The number of carbonyl (C=O) groups is 1. The minimum absolute atomic E-state index is 0. The van der Waals surface area contributed by atoms with Crippen LogP contribution in [-0.2, 0) is 4.79 Å². The summed E-state index contributed by atoms with van der Waals surface area (Å²) in [6.45, 7) is 15.1. The zero-order valence-corrected chi connectivity index (χ0v) is 19.6. The van der Waals surface area contributed by atoms with Crippen LogP contribution in [0.15, 0.2) is 15.0 Å². The summed E-state index contributed by atoms with van der Waals surface area (Å²) in [5.41, 5.74) is 7.10. The van der Waals surface area contributed by atoms with Gasteiger partial charge < -0.3 is 5.73 Å². The van der Waals surface area contributed by atoms with Crippen molar-refractivity contribution in [2.75, 3.05) is 28.2 Å². The summed E-state index contributed by atoms with van der Waals surface area (Å²) in [7, 11) is 6.64. The minimum Gasteiger partial charge on any atom is -0.333 e. The van der Waals surface area contributed by atoms with E-state index in [2.05, 4.69) is 20.7 Å². The highest BCUT2D eigenvalue weighted by molar-refractivity contribution is 14.0. The van der Waals surface area contributed by atoms with Gasteiger partial charge in [0.25, 0.3) is 0 Å². The molecule has 0 saturated carbocycles. The number of Topliss-reactive ketones (excluding diaryl/α,β-unsaturated/α-hetero) is 1. The third kappa shape index (κ3) is 59.7. The molecule has 155 valence electrons. The number of hydrogen-bond donors (Lipinski definition) is 1. The molecule has 0 unspecified atom stereocenters. The standard InChI is InChI=1S/C6H12N2.C5H9NO.2C2H6.CH5N.2CH4.B.HI/c1-5(7-3)6(2)8-4;1-4(6-3)5(2)7;3*1-2;;;;/h1-4H3;1-3H3;2*1-2H3;2H2,1H3;2*1H4;;1H. The van der Waals surface area contributed by atoms with Crippen molar-refractivity contribution in [1.29, 1.82) is 0 Å². The molecule has 3 radical (unpaired) electrons. The monoisotopic (exact) mass is 473 g/mol. The zero-order valence-electron chi connectivity index (χ0n) is 17.3. The number of halogens is 1. The Morgan fingerprint density at radius 2 is 0.800 bits per heavy atom. The summed E-state index contributed by atoms with van der Waals surface area (Å²) < 4.78 is 0. The van der Waals surface area contributed by atoms with E-state index in [0.29, 0.717) is 5.71 Å². The van der Waals surface area contributed by atoms with Gasteiger partial charge in [-0.1, -0.05) is 42.5 Å². The third-order valence-electron chi connectivity index (χ3n) is 2.04. The Morgan fingerprint density at radius 1 is 0.640 bits per heavy atom. The van der Waals surface area contributed by atoms with E-state index in [0.717, 1.165) is 11.4 Å². The quantitative estimate of drug-likeness (QED) is 0.349. The highest BCUT2D eigenvalue weighted by Crippen LogP contribution is 1.79. The molecule has 0 aromatic rings. The molecule has 0 aromatic heterocycles. The van der Waals surface area contributed by atoms with Crippen LogP contribution < -0.4 is 5.73 Å². The van der Waals surface area contributed by atoms with Crippen molar-refractivity contribution in [3.05, 3.63) is 0 Å². The van der Waals surface area contributed by atoms with E-state index >= 15 is 0 Å². The number of rotatable bonds is 2. The molecule has 25 heavy (non-hydrogen) atoms. The Morgan fingerprint density at radius 3 is 0.840 bits per heavy atom. The summed E-state index contributed by atoms with van der Waals surface area (Å²) in [6.07, 6.45) is 0. The van der Waals surface area contributed by atoms with Crippen LogP contribution >= 0.6 is 24.0 Å². The molecule has 0 aliphatic carbocycles. The SMILES string of the molecule is C.C.CC.CC.CN.CN=C(C)C(C)=NC.CN=C(C)C(C)=O.I.[B]. The molecular formula is C18H47BIN4O. The van der Waals surface area contributed by atoms with Crippen LogP contribution in [-0.4, -0.2) is 59.5 Å². The molecular weight excluding hydrogens is 426 g/mol. The fraction of sp³-hybridized carbons (Fsp3) is 0.778. The number of nitrogens with zero attached hydrogens (tertiary/aromatic N) is 3. The van der Waals surface area contributed by atoms with Gasteiger partial charge in [-0.25, -0.2) is 0 Å². The van der Waals surface area contributed by atoms with Gasteiger partial charge in [-0.15, -0.1) is 24.0 Å². The smallest absolute Gasteiger partial charge is 0.173 e. The van der Waals surface area contributed by atoms with Gasteiger partial charge in [0.2, 0.25) is 0 Å². The number of hydrogen-bond acceptors (Lipinski definition) is 5. The predicted octanol–water partition coefficient (Wildman–Crippen LogP) is 4.97. The van der Waals surface area contributed by atoms with Crippen molar-refractivity contribution in [3.63, 3.8) is 0 Å². The number of carbonyl (C=O) groups excluding carboxylic acids is 1. The first-order valence-electron chi connectivity index (χ1n) is 7.29. The van der Waals surface area contributed by atoms with Crippen molar-refractivity contribution >= 4 is 55.3 Å². The fourth-order valence-electron chi connectivity index (χ4n) is 0.481. The third-order valence-corrected chi connectivity index (χ3v) is 2.04. The van der Waals surface area contributed by atoms with Crippen LogP contribution in [0.25, 0.3) is 0 Å². The van der Waals surface area contributed by atoms with E-state index in [1.165, 1.54) is 14.0 Å². The molecule has 0 bridgehead atoms.